The van der Waals surface area contributed by atoms with Crippen molar-refractivity contribution < 1.29 is 9.53 Å². The largest absolute Gasteiger partial charge is 0.438 e. The molecule has 0 spiro atoms. The Morgan fingerprint density at radius 1 is 1.31 bits per heavy atom. The lowest BCUT2D eigenvalue weighted by Crippen LogP contribution is -2.42. The van der Waals surface area contributed by atoms with Gasteiger partial charge in [-0.05, 0) is 56.2 Å². The average Bonchev–Trinajstić information content (AvgIpc) is 3.23. The predicted octanol–water partition coefficient (Wildman–Crippen LogP) is 3.81. The van der Waals surface area contributed by atoms with Crippen LogP contribution in [0.2, 0.25) is 0 Å². The van der Waals surface area contributed by atoms with Crippen LogP contribution in [0.15, 0.2) is 37.2 Å². The summed E-state index contributed by atoms with van der Waals surface area (Å²) in [6.07, 6.45) is 4.07. The Labute approximate surface area is 150 Å². The van der Waals surface area contributed by atoms with Crippen LogP contribution in [0.1, 0.15) is 30.7 Å². The van der Waals surface area contributed by atoms with Gasteiger partial charge in [0.15, 0.2) is 5.65 Å². The molecular weight excluding hydrogens is 328 g/mol. The van der Waals surface area contributed by atoms with Crippen molar-refractivity contribution in [3.8, 4) is 5.69 Å². The molecule has 5 rings (SSSR count). The molecule has 1 aromatic carbocycles. The van der Waals surface area contributed by atoms with Crippen LogP contribution in [0.3, 0.4) is 0 Å². The number of ether oxygens (including phenoxy) is 1. The Morgan fingerprint density at radius 3 is 2.96 bits per heavy atom. The van der Waals surface area contributed by atoms with Crippen molar-refractivity contribution >= 4 is 29.0 Å². The van der Waals surface area contributed by atoms with Crippen molar-refractivity contribution in [2.24, 2.45) is 0 Å². The SMILES string of the molecule is C=Cc1ccc2ncn(-c3cc4c5c(c3)C(C)(C)OC(=O)N5CC4)c2n1. The fourth-order valence-corrected chi connectivity index (χ4v) is 3.85. The van der Waals surface area contributed by atoms with Crippen molar-refractivity contribution in [1.82, 2.24) is 14.5 Å². The molecule has 6 heteroatoms. The molecule has 2 aromatic heterocycles. The number of benzene rings is 1. The predicted molar refractivity (Wildman–Crippen MR) is 99.5 cm³/mol. The number of aromatic nitrogens is 3. The van der Waals surface area contributed by atoms with Crippen LogP contribution in [0.4, 0.5) is 10.5 Å². The minimum absolute atomic E-state index is 0.264. The second-order valence-corrected chi connectivity index (χ2v) is 7.18. The Balaban J connectivity index is 1.76. The van der Waals surface area contributed by atoms with E-state index in [2.05, 4.69) is 28.7 Å². The summed E-state index contributed by atoms with van der Waals surface area (Å²) in [6, 6.07) is 8.05. The number of carbonyl (C=O) groups is 1. The first-order valence-corrected chi connectivity index (χ1v) is 8.63. The van der Waals surface area contributed by atoms with E-state index in [4.69, 9.17) is 4.74 Å². The first kappa shape index (κ1) is 15.1. The standard InChI is InChI=1S/C20H18N4O2/c1-4-13-5-6-16-18(22-13)24(11-21-16)14-9-12-7-8-23-17(12)15(10-14)20(2,3)26-19(23)25/h4-6,9-11H,1,7-8H2,2-3H3. The van der Waals surface area contributed by atoms with E-state index in [-0.39, 0.29) is 6.09 Å². The molecule has 130 valence electrons. The Bertz CT molecular complexity index is 1100. The van der Waals surface area contributed by atoms with E-state index < -0.39 is 5.60 Å². The number of anilines is 1. The van der Waals surface area contributed by atoms with Gasteiger partial charge in [0.05, 0.1) is 11.4 Å². The smallest absolute Gasteiger partial charge is 0.415 e. The quantitative estimate of drug-likeness (QED) is 0.708. The van der Waals surface area contributed by atoms with Gasteiger partial charge in [0, 0.05) is 17.8 Å². The molecule has 0 unspecified atom stereocenters. The highest BCUT2D eigenvalue weighted by Gasteiger charge is 2.42. The number of carbonyl (C=O) groups excluding carboxylic acids is 1. The van der Waals surface area contributed by atoms with E-state index in [9.17, 15) is 4.79 Å². The molecule has 6 nitrogen and oxygen atoms in total. The van der Waals surface area contributed by atoms with Crippen molar-refractivity contribution in [3.63, 3.8) is 0 Å². The molecule has 26 heavy (non-hydrogen) atoms. The molecule has 0 radical (unpaired) electrons. The fourth-order valence-electron chi connectivity index (χ4n) is 3.85. The molecular formula is C20H18N4O2. The number of pyridine rings is 1. The second-order valence-electron chi connectivity index (χ2n) is 7.18. The summed E-state index contributed by atoms with van der Waals surface area (Å²) in [4.78, 5) is 23.1. The molecule has 0 aliphatic carbocycles. The van der Waals surface area contributed by atoms with E-state index in [1.54, 1.807) is 17.3 Å². The molecule has 2 aliphatic heterocycles. The maximum atomic E-state index is 12.3. The van der Waals surface area contributed by atoms with Crippen LogP contribution < -0.4 is 4.90 Å². The summed E-state index contributed by atoms with van der Waals surface area (Å²) in [5.74, 6) is 0. The summed E-state index contributed by atoms with van der Waals surface area (Å²) >= 11 is 0. The highest BCUT2D eigenvalue weighted by molar-refractivity contribution is 5.95. The highest BCUT2D eigenvalue weighted by atomic mass is 16.6. The summed E-state index contributed by atoms with van der Waals surface area (Å²) in [5, 5.41) is 0. The maximum absolute atomic E-state index is 12.3. The van der Waals surface area contributed by atoms with Gasteiger partial charge in [-0.1, -0.05) is 6.58 Å². The topological polar surface area (TPSA) is 60.3 Å². The fraction of sp³-hybridized carbons (Fsp3) is 0.250. The Hall–Kier alpha value is -3.15. The average molecular weight is 346 g/mol. The third kappa shape index (κ3) is 1.95. The van der Waals surface area contributed by atoms with E-state index in [1.165, 1.54) is 0 Å². The van der Waals surface area contributed by atoms with Gasteiger partial charge >= 0.3 is 6.09 Å². The third-order valence-electron chi connectivity index (χ3n) is 5.16. The van der Waals surface area contributed by atoms with Crippen LogP contribution in [0.5, 0.6) is 0 Å². The summed E-state index contributed by atoms with van der Waals surface area (Å²) < 4.78 is 7.65. The molecule has 3 aromatic rings. The molecule has 0 atom stereocenters. The third-order valence-corrected chi connectivity index (χ3v) is 5.16. The molecule has 2 aliphatic rings. The molecule has 4 heterocycles. The van der Waals surface area contributed by atoms with Gasteiger partial charge in [-0.3, -0.25) is 9.47 Å². The van der Waals surface area contributed by atoms with Gasteiger partial charge in [-0.25, -0.2) is 14.8 Å². The van der Waals surface area contributed by atoms with E-state index in [0.29, 0.717) is 6.54 Å². The molecule has 0 bridgehead atoms. The molecule has 0 saturated carbocycles. The highest BCUT2D eigenvalue weighted by Crippen LogP contribution is 2.45. The lowest BCUT2D eigenvalue weighted by atomic mass is 9.92. The van der Waals surface area contributed by atoms with Crippen LogP contribution in [0, 0.1) is 0 Å². The van der Waals surface area contributed by atoms with Crippen molar-refractivity contribution in [1.29, 1.82) is 0 Å². The Morgan fingerprint density at radius 2 is 2.15 bits per heavy atom. The maximum Gasteiger partial charge on any atom is 0.415 e. The summed E-state index contributed by atoms with van der Waals surface area (Å²) in [5.41, 5.74) is 5.90. The van der Waals surface area contributed by atoms with Crippen molar-refractivity contribution in [3.05, 3.63) is 54.0 Å². The van der Waals surface area contributed by atoms with Gasteiger partial charge in [-0.15, -0.1) is 0 Å². The normalized spacial score (nSPS) is 17.3. The number of fused-ring (bicyclic) bond motifs is 1. The Kier molecular flexibility index (Phi) is 2.88. The monoisotopic (exact) mass is 346 g/mol. The van der Waals surface area contributed by atoms with Crippen molar-refractivity contribution in [2.45, 2.75) is 25.9 Å². The lowest BCUT2D eigenvalue weighted by Gasteiger charge is -2.37. The number of nitrogens with zero attached hydrogens (tertiary/aromatic N) is 4. The number of cyclic esters (lactones) is 1. The molecule has 0 N–H and O–H groups in total. The van der Waals surface area contributed by atoms with Gasteiger partial charge in [0.25, 0.3) is 0 Å². The number of rotatable bonds is 2. The van der Waals surface area contributed by atoms with Gasteiger partial charge in [0.2, 0.25) is 0 Å². The molecule has 0 fully saturated rings. The van der Waals surface area contributed by atoms with E-state index in [0.717, 1.165) is 45.8 Å². The minimum Gasteiger partial charge on any atom is -0.438 e. The zero-order valence-corrected chi connectivity index (χ0v) is 14.7. The van der Waals surface area contributed by atoms with Crippen LogP contribution in [-0.2, 0) is 16.8 Å². The number of amides is 1. The number of hydrogen-bond acceptors (Lipinski definition) is 4. The number of hydrogen-bond donors (Lipinski definition) is 0. The van der Waals surface area contributed by atoms with Gasteiger partial charge in [-0.2, -0.15) is 0 Å². The number of imidazole rings is 1. The first-order chi connectivity index (χ1) is 12.5. The van der Waals surface area contributed by atoms with Crippen molar-refractivity contribution in [2.75, 3.05) is 11.4 Å². The van der Waals surface area contributed by atoms with Gasteiger partial charge < -0.3 is 4.74 Å². The molecule has 1 amide bonds. The minimum atomic E-state index is -0.673. The summed E-state index contributed by atoms with van der Waals surface area (Å²) in [7, 11) is 0. The first-order valence-electron chi connectivity index (χ1n) is 8.63. The van der Waals surface area contributed by atoms with Crippen LogP contribution in [-0.4, -0.2) is 27.2 Å². The second kappa shape index (κ2) is 4.94. The summed E-state index contributed by atoms with van der Waals surface area (Å²) in [6.45, 7) is 8.31. The van der Waals surface area contributed by atoms with E-state index in [1.807, 2.05) is 30.5 Å². The zero-order valence-electron chi connectivity index (χ0n) is 14.7. The van der Waals surface area contributed by atoms with E-state index >= 15 is 0 Å². The van der Waals surface area contributed by atoms with Gasteiger partial charge in [0.1, 0.15) is 17.4 Å². The lowest BCUT2D eigenvalue weighted by molar-refractivity contribution is 0.0358. The molecule has 0 saturated heterocycles. The zero-order chi connectivity index (χ0) is 18.1. The van der Waals surface area contributed by atoms with Crippen LogP contribution >= 0.6 is 0 Å². The van der Waals surface area contributed by atoms with Crippen LogP contribution in [0.25, 0.3) is 22.9 Å².